The number of carbonyl (C=O) groups is 1. The Balaban J connectivity index is 2.08. The minimum atomic E-state index is -0.587. The standard InChI is InChI=1S/C23H23BCl3NO/c1-3-17-20(23(29)24(2)13-28)11-10-19(18-9-8-16(26)12-21(18)27)22(17)14-4-6-15(25)7-5-14/h4-9,12,17,19-20,22H,3,10-11H2,1-2H3. The summed E-state index contributed by atoms with van der Waals surface area (Å²) in [6, 6.07) is 13.6. The summed E-state index contributed by atoms with van der Waals surface area (Å²) in [5.41, 5.74) is 2.27. The molecule has 2 nitrogen and oxygen atoms in total. The van der Waals surface area contributed by atoms with Crippen molar-refractivity contribution in [3.8, 4) is 5.97 Å². The van der Waals surface area contributed by atoms with Gasteiger partial charge in [-0.2, -0.15) is 0 Å². The smallest absolute Gasteiger partial charge is 0.309 e. The van der Waals surface area contributed by atoms with Crippen LogP contribution >= 0.6 is 34.8 Å². The Morgan fingerprint density at radius 2 is 1.76 bits per heavy atom. The number of carbonyl (C=O) groups excluding carboxylic acids is 1. The van der Waals surface area contributed by atoms with Gasteiger partial charge >= 0.3 is 6.71 Å². The molecule has 0 heterocycles. The number of benzene rings is 2. The average molecular weight is 447 g/mol. The zero-order valence-electron chi connectivity index (χ0n) is 16.5. The molecule has 1 aliphatic rings. The van der Waals surface area contributed by atoms with E-state index in [1.165, 1.54) is 0 Å². The molecule has 0 spiro atoms. The highest BCUT2D eigenvalue weighted by atomic mass is 35.5. The van der Waals surface area contributed by atoms with E-state index in [1.54, 1.807) is 12.9 Å². The fraction of sp³-hybridized carbons (Fsp3) is 0.391. The van der Waals surface area contributed by atoms with Crippen LogP contribution in [0.25, 0.3) is 0 Å². The van der Waals surface area contributed by atoms with Gasteiger partial charge in [0.15, 0.2) is 0 Å². The highest BCUT2D eigenvalue weighted by Gasteiger charge is 2.44. The summed E-state index contributed by atoms with van der Waals surface area (Å²) in [4.78, 5) is 13.0. The molecule has 0 radical (unpaired) electrons. The van der Waals surface area contributed by atoms with E-state index in [9.17, 15) is 10.1 Å². The topological polar surface area (TPSA) is 40.9 Å². The molecular weight excluding hydrogens is 423 g/mol. The van der Waals surface area contributed by atoms with Gasteiger partial charge in [0.05, 0.1) is 0 Å². The van der Waals surface area contributed by atoms with E-state index in [0.29, 0.717) is 15.1 Å². The first-order chi connectivity index (χ1) is 13.9. The maximum Gasteiger partial charge on any atom is 0.341 e. The molecule has 3 rings (SSSR count). The van der Waals surface area contributed by atoms with Gasteiger partial charge in [0, 0.05) is 27.0 Å². The van der Waals surface area contributed by atoms with Crippen molar-refractivity contribution in [2.24, 2.45) is 11.8 Å². The third kappa shape index (κ3) is 4.66. The van der Waals surface area contributed by atoms with Crippen molar-refractivity contribution < 1.29 is 4.79 Å². The first-order valence-corrected chi connectivity index (χ1v) is 11.1. The highest BCUT2D eigenvalue weighted by Crippen LogP contribution is 2.52. The van der Waals surface area contributed by atoms with Gasteiger partial charge in [-0.1, -0.05) is 73.2 Å². The summed E-state index contributed by atoms with van der Waals surface area (Å²) >= 11 is 18.8. The molecule has 1 fully saturated rings. The van der Waals surface area contributed by atoms with Gasteiger partial charge in [-0.15, -0.1) is 0 Å². The first kappa shape index (κ1) is 22.2. The Labute approximate surface area is 188 Å². The van der Waals surface area contributed by atoms with Crippen molar-refractivity contribution in [2.45, 2.75) is 44.8 Å². The molecule has 6 heteroatoms. The Kier molecular flexibility index (Phi) is 7.33. The second-order valence-electron chi connectivity index (χ2n) is 7.86. The fourth-order valence-electron chi connectivity index (χ4n) is 4.89. The second kappa shape index (κ2) is 9.56. The van der Waals surface area contributed by atoms with Crippen LogP contribution in [0.4, 0.5) is 0 Å². The van der Waals surface area contributed by atoms with E-state index in [0.717, 1.165) is 30.4 Å². The van der Waals surface area contributed by atoms with Crippen LogP contribution in [0.15, 0.2) is 42.5 Å². The van der Waals surface area contributed by atoms with E-state index < -0.39 is 6.71 Å². The molecule has 0 amide bonds. The van der Waals surface area contributed by atoms with Gasteiger partial charge in [-0.05, 0) is 66.0 Å². The van der Waals surface area contributed by atoms with Crippen LogP contribution in [0, 0.1) is 23.1 Å². The largest absolute Gasteiger partial charge is 0.341 e. The summed E-state index contributed by atoms with van der Waals surface area (Å²) in [5.74, 6) is 2.42. The quantitative estimate of drug-likeness (QED) is 0.454. The van der Waals surface area contributed by atoms with E-state index in [2.05, 4.69) is 12.9 Å². The number of nitriles is 1. The minimum absolute atomic E-state index is 0.0546. The monoisotopic (exact) mass is 445 g/mol. The van der Waals surface area contributed by atoms with Gasteiger partial charge in [0.2, 0.25) is 0 Å². The van der Waals surface area contributed by atoms with Crippen molar-refractivity contribution >= 4 is 47.2 Å². The van der Waals surface area contributed by atoms with Gasteiger partial charge in [0.25, 0.3) is 0 Å². The van der Waals surface area contributed by atoms with E-state index in [-0.39, 0.29) is 29.4 Å². The van der Waals surface area contributed by atoms with Gasteiger partial charge < -0.3 is 4.79 Å². The van der Waals surface area contributed by atoms with Crippen LogP contribution < -0.4 is 0 Å². The zero-order valence-corrected chi connectivity index (χ0v) is 18.8. The summed E-state index contributed by atoms with van der Waals surface area (Å²) in [6.07, 6.45) is 2.44. The molecule has 2 aromatic rings. The Bertz CT molecular complexity index is 925. The summed E-state index contributed by atoms with van der Waals surface area (Å²) in [5, 5.41) is 11.2. The van der Waals surface area contributed by atoms with Crippen molar-refractivity contribution in [2.75, 3.05) is 0 Å². The average Bonchev–Trinajstić information content (AvgIpc) is 2.72. The van der Waals surface area contributed by atoms with E-state index in [1.807, 2.05) is 36.4 Å². The van der Waals surface area contributed by atoms with Crippen LogP contribution in [-0.4, -0.2) is 12.4 Å². The van der Waals surface area contributed by atoms with Crippen molar-refractivity contribution in [3.63, 3.8) is 0 Å². The Hall–Kier alpha value is -1.47. The lowest BCUT2D eigenvalue weighted by atomic mass is 9.44. The normalized spacial score (nSPS) is 24.0. The maximum atomic E-state index is 13.0. The molecule has 0 aromatic heterocycles. The molecule has 0 saturated heterocycles. The lowest BCUT2D eigenvalue weighted by Gasteiger charge is -2.43. The van der Waals surface area contributed by atoms with Crippen LogP contribution in [-0.2, 0) is 4.79 Å². The summed E-state index contributed by atoms with van der Waals surface area (Å²) in [7, 11) is 0. The number of halogens is 3. The molecule has 0 aliphatic heterocycles. The number of nitrogens with zero attached hydrogens (tertiary/aromatic N) is 1. The lowest BCUT2D eigenvalue weighted by Crippen LogP contribution is -2.40. The third-order valence-electron chi connectivity index (χ3n) is 6.27. The fourth-order valence-corrected chi connectivity index (χ4v) is 5.57. The molecule has 1 saturated carbocycles. The molecule has 4 atom stereocenters. The summed E-state index contributed by atoms with van der Waals surface area (Å²) < 4.78 is 0. The van der Waals surface area contributed by atoms with Gasteiger partial charge in [-0.25, -0.2) is 5.26 Å². The molecule has 0 bridgehead atoms. The molecule has 4 unspecified atom stereocenters. The van der Waals surface area contributed by atoms with Crippen molar-refractivity contribution in [1.82, 2.24) is 0 Å². The zero-order chi connectivity index (χ0) is 21.1. The maximum absolute atomic E-state index is 13.0. The van der Waals surface area contributed by atoms with Crippen LogP contribution in [0.5, 0.6) is 0 Å². The predicted octanol–water partition coefficient (Wildman–Crippen LogP) is 7.25. The Morgan fingerprint density at radius 3 is 2.34 bits per heavy atom. The summed E-state index contributed by atoms with van der Waals surface area (Å²) in [6.45, 7) is 3.24. The number of hydrogen-bond acceptors (Lipinski definition) is 2. The molecule has 29 heavy (non-hydrogen) atoms. The van der Waals surface area contributed by atoms with Crippen LogP contribution in [0.2, 0.25) is 21.9 Å². The highest BCUT2D eigenvalue weighted by molar-refractivity contribution is 6.94. The second-order valence-corrected chi connectivity index (χ2v) is 9.14. The van der Waals surface area contributed by atoms with Crippen LogP contribution in [0.3, 0.4) is 0 Å². The molecule has 0 N–H and O–H groups in total. The third-order valence-corrected chi connectivity index (χ3v) is 7.09. The van der Waals surface area contributed by atoms with Gasteiger partial charge in [-0.3, -0.25) is 0 Å². The van der Waals surface area contributed by atoms with E-state index >= 15 is 0 Å². The van der Waals surface area contributed by atoms with Gasteiger partial charge in [0.1, 0.15) is 5.68 Å². The first-order valence-electron chi connectivity index (χ1n) is 10.0. The molecule has 150 valence electrons. The molecule has 2 aromatic carbocycles. The molecule has 1 aliphatic carbocycles. The Morgan fingerprint density at radius 1 is 1.10 bits per heavy atom. The number of rotatable bonds is 5. The van der Waals surface area contributed by atoms with E-state index in [4.69, 9.17) is 34.8 Å². The predicted molar refractivity (Wildman–Crippen MR) is 122 cm³/mol. The number of hydrogen-bond donors (Lipinski definition) is 0. The lowest BCUT2D eigenvalue weighted by molar-refractivity contribution is -0.118. The van der Waals surface area contributed by atoms with Crippen LogP contribution in [0.1, 0.15) is 49.1 Å². The van der Waals surface area contributed by atoms with Crippen molar-refractivity contribution in [3.05, 3.63) is 68.7 Å². The SMILES string of the molecule is CCC1C(C(=O)B(C)C#N)CCC(c2ccc(Cl)cc2Cl)C1c1ccc(Cl)cc1. The van der Waals surface area contributed by atoms with Crippen molar-refractivity contribution in [1.29, 1.82) is 5.26 Å². The minimum Gasteiger partial charge on any atom is -0.309 e. The molecular formula is C23H23BCl3NO.